The fourth-order valence-corrected chi connectivity index (χ4v) is 3.65. The molecule has 0 radical (unpaired) electrons. The summed E-state index contributed by atoms with van der Waals surface area (Å²) in [5.74, 6) is 0.544. The molecule has 10 heteroatoms. The van der Waals surface area contributed by atoms with E-state index in [1.165, 1.54) is 26.2 Å². The first kappa shape index (κ1) is 24.6. The van der Waals surface area contributed by atoms with Crippen molar-refractivity contribution in [1.29, 1.82) is 0 Å². The van der Waals surface area contributed by atoms with E-state index in [1.807, 2.05) is 0 Å². The maximum absolute atomic E-state index is 15.0. The Kier molecular flexibility index (Phi) is 7.60. The predicted octanol–water partition coefficient (Wildman–Crippen LogP) is 5.19. The van der Waals surface area contributed by atoms with Gasteiger partial charge < -0.3 is 25.4 Å². The molecule has 2 amide bonds. The molecule has 3 N–H and O–H groups in total. The van der Waals surface area contributed by atoms with Gasteiger partial charge in [0.15, 0.2) is 0 Å². The van der Waals surface area contributed by atoms with E-state index < -0.39 is 17.5 Å². The van der Waals surface area contributed by atoms with Crippen molar-refractivity contribution in [1.82, 2.24) is 15.3 Å². The van der Waals surface area contributed by atoms with E-state index >= 15 is 0 Å². The number of nitrogens with zero attached hydrogens (tertiary/aromatic N) is 2. The van der Waals surface area contributed by atoms with Crippen molar-refractivity contribution < 1.29 is 23.0 Å². The third-order valence-electron chi connectivity index (χ3n) is 5.58. The van der Waals surface area contributed by atoms with Crippen molar-refractivity contribution in [2.24, 2.45) is 5.92 Å². The number of hydrogen-bond donors (Lipinski definition) is 3. The number of ether oxygens (including phenoxy) is 2. The van der Waals surface area contributed by atoms with Gasteiger partial charge in [-0.1, -0.05) is 0 Å². The summed E-state index contributed by atoms with van der Waals surface area (Å²) in [5, 5.41) is 8.65. The lowest BCUT2D eigenvalue weighted by molar-refractivity contribution is 0.167. The number of carbonyl (C=O) groups excluding carboxylic acids is 1. The fourth-order valence-electron chi connectivity index (χ4n) is 3.65. The summed E-state index contributed by atoms with van der Waals surface area (Å²) < 4.78 is 39.6. The molecule has 0 aliphatic carbocycles. The molecule has 186 valence electrons. The Morgan fingerprint density at radius 3 is 2.69 bits per heavy atom. The Labute approximate surface area is 202 Å². The number of halogens is 2. The highest BCUT2D eigenvalue weighted by Crippen LogP contribution is 2.30. The van der Waals surface area contributed by atoms with Gasteiger partial charge in [0, 0.05) is 42.6 Å². The monoisotopic (exact) mass is 485 g/mol. The first-order valence-electron chi connectivity index (χ1n) is 11.5. The molecular weight excluding hydrogens is 456 g/mol. The van der Waals surface area contributed by atoms with Gasteiger partial charge in [-0.3, -0.25) is 0 Å². The minimum Gasteiger partial charge on any atom is -0.493 e. The Morgan fingerprint density at radius 1 is 1.20 bits per heavy atom. The normalized spacial score (nSPS) is 15.7. The summed E-state index contributed by atoms with van der Waals surface area (Å²) in [6, 6.07) is 9.45. The van der Waals surface area contributed by atoms with Crippen LogP contribution in [0.25, 0.3) is 10.9 Å². The molecule has 4 rings (SSSR count). The van der Waals surface area contributed by atoms with Gasteiger partial charge in [0.1, 0.15) is 29.4 Å². The molecule has 1 aliphatic heterocycles. The molecule has 2 heterocycles. The van der Waals surface area contributed by atoms with Crippen LogP contribution in [0, 0.1) is 11.7 Å². The fraction of sp³-hybridized carbons (Fsp3) is 0.400. The molecule has 1 aliphatic rings. The number of nitrogens with one attached hydrogen (secondary N) is 3. The van der Waals surface area contributed by atoms with Crippen molar-refractivity contribution in [2.45, 2.75) is 32.4 Å². The summed E-state index contributed by atoms with van der Waals surface area (Å²) in [6.45, 7) is 5.00. The van der Waals surface area contributed by atoms with Crippen LogP contribution in [0.1, 0.15) is 26.7 Å². The van der Waals surface area contributed by atoms with Gasteiger partial charge in [-0.05, 0) is 51.0 Å². The largest absolute Gasteiger partial charge is 0.493 e. The number of carbonyl (C=O) groups is 1. The average molecular weight is 486 g/mol. The maximum atomic E-state index is 15.0. The Hall–Kier alpha value is -3.53. The second-order valence-corrected chi connectivity index (χ2v) is 9.11. The van der Waals surface area contributed by atoms with Crippen molar-refractivity contribution in [2.75, 3.05) is 37.0 Å². The lowest BCUT2D eigenvalue weighted by Gasteiger charge is -2.15. The van der Waals surface area contributed by atoms with E-state index in [-0.39, 0.29) is 18.4 Å². The van der Waals surface area contributed by atoms with Gasteiger partial charge in [-0.15, -0.1) is 0 Å². The van der Waals surface area contributed by atoms with Gasteiger partial charge >= 0.3 is 6.03 Å². The van der Waals surface area contributed by atoms with E-state index in [9.17, 15) is 13.6 Å². The summed E-state index contributed by atoms with van der Waals surface area (Å²) >= 11 is 0. The maximum Gasteiger partial charge on any atom is 0.319 e. The zero-order valence-corrected chi connectivity index (χ0v) is 19.7. The molecule has 1 aromatic heterocycles. The highest BCUT2D eigenvalue weighted by Gasteiger charge is 2.18. The van der Waals surface area contributed by atoms with Crippen LogP contribution in [0.15, 0.2) is 42.7 Å². The number of amides is 2. The van der Waals surface area contributed by atoms with Crippen LogP contribution in [-0.4, -0.2) is 48.0 Å². The van der Waals surface area contributed by atoms with Gasteiger partial charge in [0.25, 0.3) is 0 Å². The SMILES string of the molecule is CC(C)(F)CCNC(=O)Nc1ccc(Nc2ncnc3cc(OC[C@@H]4CCOC4)cc(F)c23)cc1. The summed E-state index contributed by atoms with van der Waals surface area (Å²) in [6.07, 6.45) is 2.51. The standard InChI is InChI=1S/C25H29F2N5O3/c1-25(2,27)8-9-28-24(33)32-18-5-3-17(4-6-18)31-23-22-20(26)11-19(12-21(22)29-15-30-23)35-14-16-7-10-34-13-16/h3-6,11-12,15-16H,7-10,13-14H2,1-2H3,(H2,28,32,33)(H,29,30,31)/t16-/m1/s1. The third kappa shape index (κ3) is 6.98. The molecule has 1 saturated heterocycles. The molecule has 0 bridgehead atoms. The summed E-state index contributed by atoms with van der Waals surface area (Å²) in [7, 11) is 0. The zero-order chi connectivity index (χ0) is 24.8. The first-order chi connectivity index (χ1) is 16.8. The van der Waals surface area contributed by atoms with Crippen LogP contribution in [-0.2, 0) is 4.74 Å². The van der Waals surface area contributed by atoms with E-state index in [1.54, 1.807) is 30.3 Å². The Balaban J connectivity index is 1.39. The van der Waals surface area contributed by atoms with Crippen LogP contribution >= 0.6 is 0 Å². The van der Waals surface area contributed by atoms with Crippen LogP contribution in [0.3, 0.4) is 0 Å². The lowest BCUT2D eigenvalue weighted by Crippen LogP contribution is -2.32. The number of aromatic nitrogens is 2. The molecule has 35 heavy (non-hydrogen) atoms. The first-order valence-corrected chi connectivity index (χ1v) is 11.5. The molecule has 1 fully saturated rings. The van der Waals surface area contributed by atoms with Crippen LogP contribution in [0.4, 0.5) is 30.8 Å². The predicted molar refractivity (Wildman–Crippen MR) is 130 cm³/mol. The minimum atomic E-state index is -1.34. The van der Waals surface area contributed by atoms with Crippen LogP contribution < -0.4 is 20.7 Å². The van der Waals surface area contributed by atoms with Gasteiger partial charge in [0.05, 0.1) is 24.1 Å². The number of urea groups is 1. The van der Waals surface area contributed by atoms with E-state index in [2.05, 4.69) is 25.9 Å². The second-order valence-electron chi connectivity index (χ2n) is 9.11. The van der Waals surface area contributed by atoms with Crippen molar-refractivity contribution in [3.8, 4) is 5.75 Å². The number of alkyl halides is 1. The Bertz CT molecular complexity index is 1160. The number of fused-ring (bicyclic) bond motifs is 1. The number of hydrogen-bond acceptors (Lipinski definition) is 6. The minimum absolute atomic E-state index is 0.218. The molecule has 0 unspecified atom stereocenters. The highest BCUT2D eigenvalue weighted by atomic mass is 19.1. The van der Waals surface area contributed by atoms with Crippen molar-refractivity contribution in [3.05, 3.63) is 48.5 Å². The highest BCUT2D eigenvalue weighted by molar-refractivity contribution is 5.92. The molecular formula is C25H29F2N5O3. The van der Waals surface area contributed by atoms with Gasteiger partial charge in [-0.25, -0.2) is 23.5 Å². The number of benzene rings is 2. The molecule has 0 spiro atoms. The van der Waals surface area contributed by atoms with Gasteiger partial charge in [0.2, 0.25) is 0 Å². The summed E-state index contributed by atoms with van der Waals surface area (Å²) in [5.41, 5.74) is 0.286. The van der Waals surface area contributed by atoms with E-state index in [4.69, 9.17) is 9.47 Å². The van der Waals surface area contributed by atoms with E-state index in [0.717, 1.165) is 13.0 Å². The molecule has 3 aromatic rings. The topological polar surface area (TPSA) is 97.4 Å². The number of rotatable bonds is 9. The number of anilines is 3. The smallest absolute Gasteiger partial charge is 0.319 e. The van der Waals surface area contributed by atoms with Crippen LogP contribution in [0.2, 0.25) is 0 Å². The van der Waals surface area contributed by atoms with Gasteiger partial charge in [-0.2, -0.15) is 0 Å². The molecule has 8 nitrogen and oxygen atoms in total. The average Bonchev–Trinajstić information content (AvgIpc) is 3.32. The van der Waals surface area contributed by atoms with Crippen molar-refractivity contribution in [3.63, 3.8) is 0 Å². The molecule has 1 atom stereocenters. The quantitative estimate of drug-likeness (QED) is 0.386. The Morgan fingerprint density at radius 2 is 1.97 bits per heavy atom. The van der Waals surface area contributed by atoms with Crippen LogP contribution in [0.5, 0.6) is 5.75 Å². The summed E-state index contributed by atoms with van der Waals surface area (Å²) in [4.78, 5) is 20.4. The molecule has 2 aromatic carbocycles. The molecule has 0 saturated carbocycles. The second kappa shape index (κ2) is 10.8. The lowest BCUT2D eigenvalue weighted by atomic mass is 10.1. The third-order valence-corrected chi connectivity index (χ3v) is 5.58. The van der Waals surface area contributed by atoms with Crippen molar-refractivity contribution >= 4 is 34.1 Å². The zero-order valence-electron chi connectivity index (χ0n) is 19.7. The van der Waals surface area contributed by atoms with E-state index in [0.29, 0.717) is 47.6 Å².